The molecule has 0 aliphatic heterocycles. The van der Waals surface area contributed by atoms with Gasteiger partial charge in [0.1, 0.15) is 0 Å². The van der Waals surface area contributed by atoms with Gasteiger partial charge in [-0.1, -0.05) is 6.58 Å². The summed E-state index contributed by atoms with van der Waals surface area (Å²) in [4.78, 5) is 0. The molecule has 0 fully saturated rings. The Morgan fingerprint density at radius 1 is 1.36 bits per heavy atom. The van der Waals surface area contributed by atoms with E-state index < -0.39 is 0 Å². The fourth-order valence-electron chi connectivity index (χ4n) is 1.17. The number of nitrogens with one attached hydrogen (secondary N) is 1. The van der Waals surface area contributed by atoms with Crippen molar-refractivity contribution >= 4 is 0 Å². The van der Waals surface area contributed by atoms with Gasteiger partial charge in [-0.2, -0.15) is 0 Å². The van der Waals surface area contributed by atoms with Crippen LogP contribution in [0.4, 0.5) is 0 Å². The summed E-state index contributed by atoms with van der Waals surface area (Å²) in [6.07, 6.45) is 2.20. The highest BCUT2D eigenvalue weighted by Gasteiger charge is 2.13. The summed E-state index contributed by atoms with van der Waals surface area (Å²) < 4.78 is 15.2. The first-order valence-corrected chi connectivity index (χ1v) is 4.77. The largest absolute Gasteiger partial charge is 0.502 e. The third-order valence-electron chi connectivity index (χ3n) is 1.90. The van der Waals surface area contributed by atoms with Crippen LogP contribution in [0.2, 0.25) is 0 Å². The van der Waals surface area contributed by atoms with Crippen LogP contribution in [0.25, 0.3) is 0 Å². The summed E-state index contributed by atoms with van der Waals surface area (Å²) in [5.74, 6) is 0. The molecule has 0 bridgehead atoms. The molecule has 0 rings (SSSR count). The van der Waals surface area contributed by atoms with Crippen molar-refractivity contribution in [2.45, 2.75) is 25.7 Å². The fraction of sp³-hybridized carbons (Fsp3) is 0.800. The zero-order valence-electron chi connectivity index (χ0n) is 9.29. The number of ether oxygens (including phenoxy) is 3. The van der Waals surface area contributed by atoms with Gasteiger partial charge >= 0.3 is 0 Å². The Labute approximate surface area is 86.2 Å². The Morgan fingerprint density at radius 3 is 2.50 bits per heavy atom. The standard InChI is InChI=1S/C10H21NO3/c1-5-14-8-6-7-11-9(2)10(12-3)13-4/h5,9-11H,1,6-8H2,2-4H3. The van der Waals surface area contributed by atoms with Gasteiger partial charge in [0.05, 0.1) is 18.9 Å². The minimum Gasteiger partial charge on any atom is -0.502 e. The van der Waals surface area contributed by atoms with Gasteiger partial charge in [0.15, 0.2) is 6.29 Å². The molecule has 14 heavy (non-hydrogen) atoms. The smallest absolute Gasteiger partial charge is 0.171 e. The zero-order valence-corrected chi connectivity index (χ0v) is 9.29. The highest BCUT2D eigenvalue weighted by atomic mass is 16.7. The van der Waals surface area contributed by atoms with Crippen molar-refractivity contribution in [3.8, 4) is 0 Å². The first-order chi connectivity index (χ1) is 6.76. The van der Waals surface area contributed by atoms with Gasteiger partial charge in [0.25, 0.3) is 0 Å². The molecule has 1 unspecified atom stereocenters. The van der Waals surface area contributed by atoms with Crippen molar-refractivity contribution in [2.75, 3.05) is 27.4 Å². The second-order valence-corrected chi connectivity index (χ2v) is 2.97. The topological polar surface area (TPSA) is 39.7 Å². The molecule has 0 aromatic heterocycles. The SMILES string of the molecule is C=COCCCNC(C)C(OC)OC. The predicted molar refractivity (Wildman–Crippen MR) is 56.0 cm³/mol. The number of rotatable bonds is 9. The molecule has 0 aliphatic carbocycles. The van der Waals surface area contributed by atoms with Crippen LogP contribution >= 0.6 is 0 Å². The first kappa shape index (κ1) is 13.4. The van der Waals surface area contributed by atoms with Crippen LogP contribution in [0.5, 0.6) is 0 Å². The average molecular weight is 203 g/mol. The lowest BCUT2D eigenvalue weighted by atomic mass is 10.3. The van der Waals surface area contributed by atoms with Crippen molar-refractivity contribution in [2.24, 2.45) is 0 Å². The van der Waals surface area contributed by atoms with E-state index >= 15 is 0 Å². The summed E-state index contributed by atoms with van der Waals surface area (Å²) in [5.41, 5.74) is 0. The molecule has 1 N–H and O–H groups in total. The van der Waals surface area contributed by atoms with Gasteiger partial charge in [-0.15, -0.1) is 0 Å². The maximum absolute atomic E-state index is 5.11. The van der Waals surface area contributed by atoms with E-state index in [0.29, 0.717) is 6.61 Å². The molecule has 0 amide bonds. The highest BCUT2D eigenvalue weighted by Crippen LogP contribution is 1.98. The lowest BCUT2D eigenvalue weighted by Gasteiger charge is -2.22. The number of hydrogen-bond donors (Lipinski definition) is 1. The van der Waals surface area contributed by atoms with Gasteiger partial charge in [-0.25, -0.2) is 0 Å². The lowest BCUT2D eigenvalue weighted by Crippen LogP contribution is -2.40. The van der Waals surface area contributed by atoms with E-state index in [-0.39, 0.29) is 12.3 Å². The molecule has 0 aliphatic rings. The first-order valence-electron chi connectivity index (χ1n) is 4.77. The van der Waals surface area contributed by atoms with Gasteiger partial charge < -0.3 is 19.5 Å². The normalized spacial score (nSPS) is 12.9. The minimum atomic E-state index is -0.199. The van der Waals surface area contributed by atoms with Crippen molar-refractivity contribution < 1.29 is 14.2 Å². The Kier molecular flexibility index (Phi) is 8.62. The molecule has 0 heterocycles. The van der Waals surface area contributed by atoms with Crippen molar-refractivity contribution in [3.63, 3.8) is 0 Å². The molecule has 1 atom stereocenters. The quantitative estimate of drug-likeness (QED) is 0.346. The third-order valence-corrected chi connectivity index (χ3v) is 1.90. The molecule has 84 valence electrons. The second kappa shape index (κ2) is 8.99. The predicted octanol–water partition coefficient (Wildman–Crippen LogP) is 1.13. The molecule has 0 aromatic carbocycles. The van der Waals surface area contributed by atoms with Crippen LogP contribution in [-0.2, 0) is 14.2 Å². The highest BCUT2D eigenvalue weighted by molar-refractivity contribution is 4.64. The van der Waals surface area contributed by atoms with Gasteiger partial charge in [0, 0.05) is 14.2 Å². The zero-order chi connectivity index (χ0) is 10.8. The Balaban J connectivity index is 3.41. The van der Waals surface area contributed by atoms with E-state index in [1.807, 2.05) is 6.92 Å². The Morgan fingerprint density at radius 2 is 2.00 bits per heavy atom. The van der Waals surface area contributed by atoms with Gasteiger partial charge in [0.2, 0.25) is 0 Å². The van der Waals surface area contributed by atoms with Crippen LogP contribution in [0.15, 0.2) is 12.8 Å². The van der Waals surface area contributed by atoms with Crippen molar-refractivity contribution in [1.82, 2.24) is 5.32 Å². The number of hydrogen-bond acceptors (Lipinski definition) is 4. The maximum Gasteiger partial charge on any atom is 0.171 e. The fourth-order valence-corrected chi connectivity index (χ4v) is 1.17. The second-order valence-electron chi connectivity index (χ2n) is 2.97. The summed E-state index contributed by atoms with van der Waals surface area (Å²) in [7, 11) is 3.26. The van der Waals surface area contributed by atoms with Gasteiger partial charge in [-0.3, -0.25) is 0 Å². The molecule has 0 saturated heterocycles. The monoisotopic (exact) mass is 203 g/mol. The van der Waals surface area contributed by atoms with Crippen LogP contribution < -0.4 is 5.32 Å². The summed E-state index contributed by atoms with van der Waals surface area (Å²) in [6.45, 7) is 7.05. The Hall–Kier alpha value is -0.580. The molecule has 4 heteroatoms. The Bertz CT molecular complexity index is 137. The molecular formula is C10H21NO3. The molecule has 0 aromatic rings. The molecule has 0 spiro atoms. The lowest BCUT2D eigenvalue weighted by molar-refractivity contribution is -0.119. The molecule has 0 saturated carbocycles. The molecule has 4 nitrogen and oxygen atoms in total. The van der Waals surface area contributed by atoms with E-state index in [2.05, 4.69) is 11.9 Å². The average Bonchev–Trinajstić information content (AvgIpc) is 2.19. The van der Waals surface area contributed by atoms with E-state index in [4.69, 9.17) is 14.2 Å². The van der Waals surface area contributed by atoms with E-state index in [1.165, 1.54) is 6.26 Å². The number of methoxy groups -OCH3 is 2. The maximum atomic E-state index is 5.11. The van der Waals surface area contributed by atoms with Gasteiger partial charge in [-0.05, 0) is 19.9 Å². The minimum absolute atomic E-state index is 0.175. The van der Waals surface area contributed by atoms with Crippen molar-refractivity contribution in [3.05, 3.63) is 12.8 Å². The van der Waals surface area contributed by atoms with E-state index in [9.17, 15) is 0 Å². The van der Waals surface area contributed by atoms with Crippen LogP contribution in [-0.4, -0.2) is 39.7 Å². The van der Waals surface area contributed by atoms with Crippen LogP contribution in [0, 0.1) is 0 Å². The summed E-state index contributed by atoms with van der Waals surface area (Å²) in [6, 6.07) is 0.175. The third kappa shape index (κ3) is 5.96. The summed E-state index contributed by atoms with van der Waals surface area (Å²) in [5, 5.41) is 3.28. The van der Waals surface area contributed by atoms with E-state index in [0.717, 1.165) is 13.0 Å². The van der Waals surface area contributed by atoms with Crippen LogP contribution in [0.3, 0.4) is 0 Å². The van der Waals surface area contributed by atoms with Crippen molar-refractivity contribution in [1.29, 1.82) is 0 Å². The molecular weight excluding hydrogens is 182 g/mol. The molecule has 0 radical (unpaired) electrons. The van der Waals surface area contributed by atoms with Crippen LogP contribution in [0.1, 0.15) is 13.3 Å². The van der Waals surface area contributed by atoms with E-state index in [1.54, 1.807) is 14.2 Å². The summed E-state index contributed by atoms with van der Waals surface area (Å²) >= 11 is 0.